The van der Waals surface area contributed by atoms with Crippen LogP contribution in [-0.4, -0.2) is 38.8 Å². The minimum atomic E-state index is -0.110. The van der Waals surface area contributed by atoms with Crippen LogP contribution in [0.2, 0.25) is 0 Å². The second kappa shape index (κ2) is 7.50. The van der Waals surface area contributed by atoms with Crippen LogP contribution in [0.3, 0.4) is 0 Å². The SMILES string of the molecule is CCCNCCNC(=O)c1cc(Br)c2c(c1)OCCO2. The van der Waals surface area contributed by atoms with E-state index in [2.05, 4.69) is 33.5 Å². The van der Waals surface area contributed by atoms with Crippen LogP contribution in [0, 0.1) is 0 Å². The van der Waals surface area contributed by atoms with Gasteiger partial charge in [-0.15, -0.1) is 0 Å². The third kappa shape index (κ3) is 3.86. The number of hydrogen-bond donors (Lipinski definition) is 2. The summed E-state index contributed by atoms with van der Waals surface area (Å²) in [7, 11) is 0. The molecule has 0 atom stereocenters. The Kier molecular flexibility index (Phi) is 5.67. The molecule has 0 aliphatic carbocycles. The average molecular weight is 343 g/mol. The standard InChI is InChI=1S/C14H19BrN2O3/c1-2-3-16-4-5-17-14(18)10-8-11(15)13-12(9-10)19-6-7-20-13/h8-9,16H,2-7H2,1H3,(H,17,18). The molecule has 1 aromatic rings. The molecular formula is C14H19BrN2O3. The molecule has 110 valence electrons. The molecule has 2 rings (SSSR count). The molecule has 1 aliphatic heterocycles. The van der Waals surface area contributed by atoms with Crippen LogP contribution >= 0.6 is 15.9 Å². The number of rotatable bonds is 6. The second-order valence-corrected chi connectivity index (χ2v) is 5.34. The minimum Gasteiger partial charge on any atom is -0.486 e. The van der Waals surface area contributed by atoms with E-state index in [0.29, 0.717) is 36.8 Å². The summed E-state index contributed by atoms with van der Waals surface area (Å²) in [5, 5.41) is 6.11. The van der Waals surface area contributed by atoms with Crippen LogP contribution < -0.4 is 20.1 Å². The van der Waals surface area contributed by atoms with Crippen LogP contribution in [-0.2, 0) is 0 Å². The molecule has 0 aromatic heterocycles. The first-order valence-electron chi connectivity index (χ1n) is 6.80. The van der Waals surface area contributed by atoms with Crippen molar-refractivity contribution in [2.75, 3.05) is 32.8 Å². The lowest BCUT2D eigenvalue weighted by molar-refractivity contribution is 0.0952. The van der Waals surface area contributed by atoms with Crippen LogP contribution in [0.25, 0.3) is 0 Å². The van der Waals surface area contributed by atoms with E-state index in [-0.39, 0.29) is 5.91 Å². The van der Waals surface area contributed by atoms with E-state index >= 15 is 0 Å². The van der Waals surface area contributed by atoms with Gasteiger partial charge < -0.3 is 20.1 Å². The summed E-state index contributed by atoms with van der Waals surface area (Å²) < 4.78 is 11.7. The lowest BCUT2D eigenvalue weighted by atomic mass is 10.2. The first-order chi connectivity index (χ1) is 9.72. The normalized spacial score (nSPS) is 13.1. The lowest BCUT2D eigenvalue weighted by Gasteiger charge is -2.20. The zero-order chi connectivity index (χ0) is 14.4. The van der Waals surface area contributed by atoms with Gasteiger partial charge >= 0.3 is 0 Å². The smallest absolute Gasteiger partial charge is 0.251 e. The van der Waals surface area contributed by atoms with Gasteiger partial charge in [-0.2, -0.15) is 0 Å². The second-order valence-electron chi connectivity index (χ2n) is 4.49. The summed E-state index contributed by atoms with van der Waals surface area (Å²) in [6.07, 6.45) is 1.09. The van der Waals surface area contributed by atoms with Gasteiger partial charge in [-0.25, -0.2) is 0 Å². The lowest BCUT2D eigenvalue weighted by Crippen LogP contribution is -2.32. The summed E-state index contributed by atoms with van der Waals surface area (Å²) in [6, 6.07) is 3.47. The van der Waals surface area contributed by atoms with Gasteiger partial charge in [0.2, 0.25) is 0 Å². The van der Waals surface area contributed by atoms with E-state index in [1.807, 2.05) is 0 Å². The van der Waals surface area contributed by atoms with Crippen molar-refractivity contribution in [2.45, 2.75) is 13.3 Å². The molecule has 0 radical (unpaired) electrons. The molecule has 1 amide bonds. The van der Waals surface area contributed by atoms with Crippen molar-refractivity contribution in [3.05, 3.63) is 22.2 Å². The largest absolute Gasteiger partial charge is 0.486 e. The van der Waals surface area contributed by atoms with Gasteiger partial charge in [0.25, 0.3) is 5.91 Å². The number of carbonyl (C=O) groups is 1. The molecule has 0 fully saturated rings. The summed E-state index contributed by atoms with van der Waals surface area (Å²) >= 11 is 3.41. The molecule has 5 nitrogen and oxygen atoms in total. The highest BCUT2D eigenvalue weighted by Crippen LogP contribution is 2.38. The number of ether oxygens (including phenoxy) is 2. The fourth-order valence-corrected chi connectivity index (χ4v) is 2.47. The molecule has 0 saturated carbocycles. The van der Waals surface area contributed by atoms with Crippen molar-refractivity contribution >= 4 is 21.8 Å². The van der Waals surface area contributed by atoms with Crippen LogP contribution in [0.4, 0.5) is 0 Å². The molecule has 1 heterocycles. The van der Waals surface area contributed by atoms with Crippen molar-refractivity contribution in [3.8, 4) is 11.5 Å². The molecule has 1 aliphatic rings. The Labute approximate surface area is 127 Å². The number of carbonyl (C=O) groups excluding carboxylic acids is 1. The summed E-state index contributed by atoms with van der Waals surface area (Å²) in [4.78, 5) is 12.1. The third-order valence-corrected chi connectivity index (χ3v) is 3.46. The molecule has 0 spiro atoms. The Balaban J connectivity index is 1.94. The first kappa shape index (κ1) is 15.1. The zero-order valence-electron chi connectivity index (χ0n) is 11.5. The van der Waals surface area contributed by atoms with Gasteiger partial charge in [-0.05, 0) is 41.0 Å². The minimum absolute atomic E-state index is 0.110. The van der Waals surface area contributed by atoms with Crippen LogP contribution in [0.15, 0.2) is 16.6 Å². The van der Waals surface area contributed by atoms with E-state index in [1.54, 1.807) is 12.1 Å². The maximum absolute atomic E-state index is 12.1. The molecule has 2 N–H and O–H groups in total. The number of halogens is 1. The Hall–Kier alpha value is -1.27. The van der Waals surface area contributed by atoms with Gasteiger partial charge in [-0.1, -0.05) is 6.92 Å². The van der Waals surface area contributed by atoms with Gasteiger partial charge in [0.1, 0.15) is 13.2 Å². The molecule has 1 aromatic carbocycles. The molecule has 20 heavy (non-hydrogen) atoms. The number of nitrogens with one attached hydrogen (secondary N) is 2. The molecule has 0 saturated heterocycles. The van der Waals surface area contributed by atoms with E-state index in [9.17, 15) is 4.79 Å². The Bertz CT molecular complexity index is 480. The summed E-state index contributed by atoms with van der Waals surface area (Å²) in [5.74, 6) is 1.17. The number of hydrogen-bond acceptors (Lipinski definition) is 4. The number of benzene rings is 1. The summed E-state index contributed by atoms with van der Waals surface area (Å²) in [6.45, 7) is 5.48. The van der Waals surface area contributed by atoms with Crippen molar-refractivity contribution in [3.63, 3.8) is 0 Å². The van der Waals surface area contributed by atoms with Gasteiger partial charge in [0.05, 0.1) is 4.47 Å². The number of fused-ring (bicyclic) bond motifs is 1. The number of amides is 1. The van der Waals surface area contributed by atoms with E-state index in [1.165, 1.54) is 0 Å². The quantitative estimate of drug-likeness (QED) is 0.776. The highest BCUT2D eigenvalue weighted by molar-refractivity contribution is 9.10. The fourth-order valence-electron chi connectivity index (χ4n) is 1.91. The van der Waals surface area contributed by atoms with Gasteiger partial charge in [0, 0.05) is 18.7 Å². The third-order valence-electron chi connectivity index (χ3n) is 2.87. The molecular weight excluding hydrogens is 324 g/mol. The van der Waals surface area contributed by atoms with Crippen molar-refractivity contribution in [2.24, 2.45) is 0 Å². The maximum Gasteiger partial charge on any atom is 0.251 e. The zero-order valence-corrected chi connectivity index (χ0v) is 13.1. The Morgan fingerprint density at radius 1 is 1.25 bits per heavy atom. The Morgan fingerprint density at radius 3 is 2.85 bits per heavy atom. The highest BCUT2D eigenvalue weighted by Gasteiger charge is 2.18. The van der Waals surface area contributed by atoms with E-state index in [0.717, 1.165) is 24.0 Å². The van der Waals surface area contributed by atoms with E-state index in [4.69, 9.17) is 9.47 Å². The topological polar surface area (TPSA) is 59.6 Å². The maximum atomic E-state index is 12.1. The Morgan fingerprint density at radius 2 is 2.05 bits per heavy atom. The molecule has 6 heteroatoms. The fraction of sp³-hybridized carbons (Fsp3) is 0.500. The first-order valence-corrected chi connectivity index (χ1v) is 7.59. The van der Waals surface area contributed by atoms with Crippen LogP contribution in [0.1, 0.15) is 23.7 Å². The average Bonchev–Trinajstić information content (AvgIpc) is 2.47. The predicted octanol–water partition coefficient (Wildman–Crippen LogP) is 1.95. The predicted molar refractivity (Wildman–Crippen MR) is 80.6 cm³/mol. The molecule has 0 unspecified atom stereocenters. The monoisotopic (exact) mass is 342 g/mol. The van der Waals surface area contributed by atoms with E-state index < -0.39 is 0 Å². The molecule has 0 bridgehead atoms. The van der Waals surface area contributed by atoms with Gasteiger partial charge in [-0.3, -0.25) is 4.79 Å². The van der Waals surface area contributed by atoms with Crippen molar-refractivity contribution in [1.29, 1.82) is 0 Å². The van der Waals surface area contributed by atoms with Gasteiger partial charge in [0.15, 0.2) is 11.5 Å². The van der Waals surface area contributed by atoms with Crippen LogP contribution in [0.5, 0.6) is 11.5 Å². The van der Waals surface area contributed by atoms with Crippen molar-refractivity contribution in [1.82, 2.24) is 10.6 Å². The highest BCUT2D eigenvalue weighted by atomic mass is 79.9. The van der Waals surface area contributed by atoms with Crippen molar-refractivity contribution < 1.29 is 14.3 Å². The summed E-state index contributed by atoms with van der Waals surface area (Å²) in [5.41, 5.74) is 0.566.